The molecule has 1 heterocycles. The Morgan fingerprint density at radius 2 is 1.94 bits per heavy atom. The molecule has 2 nitrogen and oxygen atoms in total. The molecule has 82 valence electrons. The van der Waals surface area contributed by atoms with E-state index in [0.717, 1.165) is 12.1 Å². The molecule has 0 saturated carbocycles. The third kappa shape index (κ3) is 2.91. The molecule has 0 atom stereocenters. The fourth-order valence-electron chi connectivity index (χ4n) is 1.71. The van der Waals surface area contributed by atoms with Gasteiger partial charge in [-0.1, -0.05) is 30.3 Å². The van der Waals surface area contributed by atoms with Crippen molar-refractivity contribution >= 4 is 0 Å². The Morgan fingerprint density at radius 1 is 1.06 bits per heavy atom. The molecule has 2 aromatic rings. The van der Waals surface area contributed by atoms with Gasteiger partial charge in [0.25, 0.3) is 0 Å². The first kappa shape index (κ1) is 10.8. The molecule has 0 radical (unpaired) electrons. The Bertz CT molecular complexity index is 439. The number of pyridine rings is 1. The van der Waals surface area contributed by atoms with Crippen molar-refractivity contribution in [1.82, 2.24) is 4.98 Å². The first-order valence-electron chi connectivity index (χ1n) is 5.35. The van der Waals surface area contributed by atoms with Gasteiger partial charge in [0, 0.05) is 25.4 Å². The van der Waals surface area contributed by atoms with E-state index in [0.29, 0.717) is 6.61 Å². The third-order valence-corrected chi connectivity index (χ3v) is 2.41. The van der Waals surface area contributed by atoms with Gasteiger partial charge in [0.2, 0.25) is 0 Å². The Labute approximate surface area is 95.9 Å². The van der Waals surface area contributed by atoms with Crippen LogP contribution >= 0.6 is 0 Å². The van der Waals surface area contributed by atoms with Crippen LogP contribution in [0, 0.1) is 0 Å². The van der Waals surface area contributed by atoms with Crippen LogP contribution in [0.2, 0.25) is 0 Å². The molecule has 0 bridgehead atoms. The van der Waals surface area contributed by atoms with Crippen molar-refractivity contribution in [1.29, 1.82) is 0 Å². The quantitative estimate of drug-likeness (QED) is 0.779. The average molecular weight is 213 g/mol. The number of methoxy groups -OCH3 is 1. The molecule has 0 N–H and O–H groups in total. The Hall–Kier alpha value is -1.67. The molecule has 0 fully saturated rings. The van der Waals surface area contributed by atoms with E-state index in [1.54, 1.807) is 7.11 Å². The summed E-state index contributed by atoms with van der Waals surface area (Å²) < 4.78 is 5.12. The highest BCUT2D eigenvalue weighted by Gasteiger charge is 1.98. The fourth-order valence-corrected chi connectivity index (χ4v) is 1.71. The number of rotatable bonds is 4. The molecule has 0 aliphatic heterocycles. The van der Waals surface area contributed by atoms with Crippen molar-refractivity contribution in [2.75, 3.05) is 7.11 Å². The summed E-state index contributed by atoms with van der Waals surface area (Å²) in [5, 5.41) is 0. The summed E-state index contributed by atoms with van der Waals surface area (Å²) in [5.74, 6) is 0. The van der Waals surface area contributed by atoms with Gasteiger partial charge in [0.15, 0.2) is 0 Å². The minimum absolute atomic E-state index is 0.663. The Kier molecular flexibility index (Phi) is 3.67. The zero-order valence-electron chi connectivity index (χ0n) is 9.39. The second kappa shape index (κ2) is 5.42. The van der Waals surface area contributed by atoms with Crippen molar-refractivity contribution in [2.24, 2.45) is 0 Å². The van der Waals surface area contributed by atoms with E-state index in [1.165, 1.54) is 11.1 Å². The zero-order valence-corrected chi connectivity index (χ0v) is 9.39. The Morgan fingerprint density at radius 3 is 2.69 bits per heavy atom. The Balaban J connectivity index is 2.12. The number of hydrogen-bond donors (Lipinski definition) is 0. The lowest BCUT2D eigenvalue weighted by Gasteiger charge is -2.04. The summed E-state index contributed by atoms with van der Waals surface area (Å²) in [5.41, 5.74) is 3.57. The van der Waals surface area contributed by atoms with Gasteiger partial charge in [-0.05, 0) is 23.3 Å². The van der Waals surface area contributed by atoms with E-state index in [4.69, 9.17) is 4.74 Å². The van der Waals surface area contributed by atoms with Crippen molar-refractivity contribution in [3.05, 3.63) is 65.5 Å². The molecule has 1 aromatic heterocycles. The molecule has 0 saturated heterocycles. The molecule has 0 amide bonds. The molecule has 2 rings (SSSR count). The van der Waals surface area contributed by atoms with Crippen LogP contribution < -0.4 is 0 Å². The van der Waals surface area contributed by atoms with E-state index in [2.05, 4.69) is 29.2 Å². The van der Waals surface area contributed by atoms with Gasteiger partial charge in [-0.25, -0.2) is 0 Å². The van der Waals surface area contributed by atoms with Crippen LogP contribution in [0.4, 0.5) is 0 Å². The topological polar surface area (TPSA) is 22.1 Å². The van der Waals surface area contributed by atoms with Crippen LogP contribution in [-0.4, -0.2) is 12.1 Å². The molecule has 0 aliphatic carbocycles. The minimum atomic E-state index is 0.663. The van der Waals surface area contributed by atoms with Crippen LogP contribution in [0.25, 0.3) is 0 Å². The van der Waals surface area contributed by atoms with Gasteiger partial charge in [0.1, 0.15) is 0 Å². The number of hydrogen-bond acceptors (Lipinski definition) is 2. The van der Waals surface area contributed by atoms with Crippen LogP contribution in [-0.2, 0) is 17.8 Å². The predicted molar refractivity (Wildman–Crippen MR) is 64.2 cm³/mol. The summed E-state index contributed by atoms with van der Waals surface area (Å²) >= 11 is 0. The smallest absolute Gasteiger partial charge is 0.0713 e. The first-order valence-corrected chi connectivity index (χ1v) is 5.35. The molecule has 16 heavy (non-hydrogen) atoms. The summed E-state index contributed by atoms with van der Waals surface area (Å²) in [6, 6.07) is 14.4. The zero-order chi connectivity index (χ0) is 11.2. The van der Waals surface area contributed by atoms with Gasteiger partial charge in [-0.3, -0.25) is 4.98 Å². The SMILES string of the molecule is COCc1cccc(Cc2ccccn2)c1. The first-order chi connectivity index (χ1) is 7.88. The maximum absolute atomic E-state index is 5.12. The molecular weight excluding hydrogens is 198 g/mol. The highest BCUT2D eigenvalue weighted by Crippen LogP contribution is 2.10. The van der Waals surface area contributed by atoms with Crippen molar-refractivity contribution in [3.8, 4) is 0 Å². The number of benzene rings is 1. The molecule has 0 aliphatic rings. The van der Waals surface area contributed by atoms with Crippen LogP contribution in [0.3, 0.4) is 0 Å². The van der Waals surface area contributed by atoms with E-state index in [1.807, 2.05) is 24.4 Å². The fraction of sp³-hybridized carbons (Fsp3) is 0.214. The molecule has 2 heteroatoms. The maximum atomic E-state index is 5.12. The summed E-state index contributed by atoms with van der Waals surface area (Å²) in [7, 11) is 1.71. The summed E-state index contributed by atoms with van der Waals surface area (Å²) in [6.45, 7) is 0.663. The van der Waals surface area contributed by atoms with Crippen molar-refractivity contribution < 1.29 is 4.74 Å². The van der Waals surface area contributed by atoms with Gasteiger partial charge >= 0.3 is 0 Å². The monoisotopic (exact) mass is 213 g/mol. The maximum Gasteiger partial charge on any atom is 0.0713 e. The lowest BCUT2D eigenvalue weighted by atomic mass is 10.1. The van der Waals surface area contributed by atoms with Gasteiger partial charge in [-0.2, -0.15) is 0 Å². The van der Waals surface area contributed by atoms with Crippen LogP contribution in [0.15, 0.2) is 48.7 Å². The normalized spacial score (nSPS) is 10.3. The largest absolute Gasteiger partial charge is 0.380 e. The number of aromatic nitrogens is 1. The summed E-state index contributed by atoms with van der Waals surface area (Å²) in [4.78, 5) is 4.32. The van der Waals surface area contributed by atoms with Crippen LogP contribution in [0.5, 0.6) is 0 Å². The van der Waals surface area contributed by atoms with E-state index in [9.17, 15) is 0 Å². The number of ether oxygens (including phenoxy) is 1. The molecule has 0 unspecified atom stereocenters. The predicted octanol–water partition coefficient (Wildman–Crippen LogP) is 2.82. The molecular formula is C14H15NO. The molecule has 0 spiro atoms. The van der Waals surface area contributed by atoms with Gasteiger partial charge < -0.3 is 4.74 Å². The molecule has 1 aromatic carbocycles. The standard InChI is InChI=1S/C14H15NO/c1-16-11-13-6-4-5-12(9-13)10-14-7-2-3-8-15-14/h2-9H,10-11H2,1H3. The third-order valence-electron chi connectivity index (χ3n) is 2.41. The van der Waals surface area contributed by atoms with Crippen molar-refractivity contribution in [2.45, 2.75) is 13.0 Å². The summed E-state index contributed by atoms with van der Waals surface area (Å²) in [6.07, 6.45) is 2.70. The highest BCUT2D eigenvalue weighted by atomic mass is 16.5. The second-order valence-electron chi connectivity index (χ2n) is 3.75. The van der Waals surface area contributed by atoms with Gasteiger partial charge in [-0.15, -0.1) is 0 Å². The highest BCUT2D eigenvalue weighted by molar-refractivity contribution is 5.26. The average Bonchev–Trinajstić information content (AvgIpc) is 2.31. The van der Waals surface area contributed by atoms with E-state index in [-0.39, 0.29) is 0 Å². The number of nitrogens with zero attached hydrogens (tertiary/aromatic N) is 1. The van der Waals surface area contributed by atoms with E-state index >= 15 is 0 Å². The van der Waals surface area contributed by atoms with Gasteiger partial charge in [0.05, 0.1) is 6.61 Å². The lowest BCUT2D eigenvalue weighted by Crippen LogP contribution is -1.93. The minimum Gasteiger partial charge on any atom is -0.380 e. The van der Waals surface area contributed by atoms with Crippen LogP contribution in [0.1, 0.15) is 16.8 Å². The second-order valence-corrected chi connectivity index (χ2v) is 3.75. The van der Waals surface area contributed by atoms with E-state index < -0.39 is 0 Å². The van der Waals surface area contributed by atoms with Crippen molar-refractivity contribution in [3.63, 3.8) is 0 Å². The lowest BCUT2D eigenvalue weighted by molar-refractivity contribution is 0.185.